The number of oxazole rings is 1. The third-order valence-corrected chi connectivity index (χ3v) is 6.31. The van der Waals surface area contributed by atoms with Crippen LogP contribution < -0.4 is 0 Å². The summed E-state index contributed by atoms with van der Waals surface area (Å²) < 4.78 is 5.69. The molecule has 0 aliphatic carbocycles. The Hall–Kier alpha value is -2.38. The second-order valence-electron chi connectivity index (χ2n) is 7.38. The number of fused-ring (bicyclic) bond motifs is 1. The monoisotopic (exact) mass is 410 g/mol. The summed E-state index contributed by atoms with van der Waals surface area (Å²) in [4.78, 5) is 25.8. The summed E-state index contributed by atoms with van der Waals surface area (Å²) in [5.74, 6) is 0.479. The number of hydrogen-bond donors (Lipinski definition) is 0. The summed E-state index contributed by atoms with van der Waals surface area (Å²) in [6.07, 6.45) is 4.85. The van der Waals surface area contributed by atoms with Gasteiger partial charge in [-0.1, -0.05) is 30.0 Å². The maximum Gasteiger partial charge on any atom is 0.257 e. The van der Waals surface area contributed by atoms with Crippen molar-refractivity contribution in [2.75, 3.05) is 32.4 Å². The molecule has 0 bridgehead atoms. The minimum atomic E-state index is 0.129. The van der Waals surface area contributed by atoms with E-state index >= 15 is 0 Å². The quantitative estimate of drug-likeness (QED) is 0.556. The molecule has 3 aromatic rings. The normalized spacial score (nSPS) is 15.6. The van der Waals surface area contributed by atoms with Crippen LogP contribution >= 0.6 is 11.8 Å². The molecule has 6 nitrogen and oxygen atoms in total. The maximum atomic E-state index is 12.6. The van der Waals surface area contributed by atoms with Gasteiger partial charge < -0.3 is 14.2 Å². The number of likely N-dealkylation sites (tertiary alicyclic amines) is 1. The molecule has 2 aromatic heterocycles. The Labute approximate surface area is 175 Å². The van der Waals surface area contributed by atoms with Crippen molar-refractivity contribution in [2.45, 2.75) is 30.5 Å². The molecule has 1 aromatic carbocycles. The van der Waals surface area contributed by atoms with Gasteiger partial charge in [0.25, 0.3) is 5.22 Å². The van der Waals surface area contributed by atoms with Gasteiger partial charge in [-0.15, -0.1) is 0 Å². The highest BCUT2D eigenvalue weighted by Gasteiger charge is 2.25. The average molecular weight is 411 g/mol. The van der Waals surface area contributed by atoms with Crippen molar-refractivity contribution in [2.24, 2.45) is 0 Å². The molecule has 0 unspecified atom stereocenters. The summed E-state index contributed by atoms with van der Waals surface area (Å²) in [7, 11) is 1.92. The molecule has 0 saturated carbocycles. The molecular formula is C22H26N4O2S. The fourth-order valence-corrected chi connectivity index (χ4v) is 4.45. The summed E-state index contributed by atoms with van der Waals surface area (Å²) in [6.45, 7) is 3.07. The number of hydrogen-bond acceptors (Lipinski definition) is 6. The molecule has 0 spiro atoms. The lowest BCUT2D eigenvalue weighted by Gasteiger charge is -2.36. The predicted octanol–water partition coefficient (Wildman–Crippen LogP) is 3.48. The van der Waals surface area contributed by atoms with E-state index in [-0.39, 0.29) is 5.91 Å². The Morgan fingerprint density at radius 1 is 1.21 bits per heavy atom. The number of carbonyl (C=O) groups is 1. The number of amides is 1. The highest BCUT2D eigenvalue weighted by atomic mass is 32.2. The van der Waals surface area contributed by atoms with E-state index in [9.17, 15) is 4.79 Å². The van der Waals surface area contributed by atoms with E-state index < -0.39 is 0 Å². The molecule has 1 saturated heterocycles. The van der Waals surface area contributed by atoms with Crippen molar-refractivity contribution < 1.29 is 9.21 Å². The third-order valence-electron chi connectivity index (χ3n) is 5.50. The van der Waals surface area contributed by atoms with Crippen LogP contribution in [0, 0.1) is 0 Å². The van der Waals surface area contributed by atoms with Crippen LogP contribution in [0.3, 0.4) is 0 Å². The van der Waals surface area contributed by atoms with Gasteiger partial charge in [0.2, 0.25) is 5.91 Å². The Kier molecular flexibility index (Phi) is 6.46. The van der Waals surface area contributed by atoms with Gasteiger partial charge in [-0.05, 0) is 37.1 Å². The molecule has 152 valence electrons. The molecule has 7 heteroatoms. The van der Waals surface area contributed by atoms with E-state index in [1.54, 1.807) is 0 Å². The SMILES string of the molecule is CN(C(=O)CSc1nc2ccccc2o1)C1CCN(CCc2ccccn2)CC1. The molecule has 1 fully saturated rings. The highest BCUT2D eigenvalue weighted by Crippen LogP contribution is 2.24. The van der Waals surface area contributed by atoms with E-state index in [1.807, 2.05) is 54.5 Å². The van der Waals surface area contributed by atoms with E-state index in [0.29, 0.717) is 17.0 Å². The lowest BCUT2D eigenvalue weighted by atomic mass is 10.0. The number of para-hydroxylation sites is 2. The van der Waals surface area contributed by atoms with E-state index in [4.69, 9.17) is 4.42 Å². The van der Waals surface area contributed by atoms with Crippen molar-refractivity contribution in [3.8, 4) is 0 Å². The van der Waals surface area contributed by atoms with E-state index in [0.717, 1.165) is 55.7 Å². The number of piperidine rings is 1. The van der Waals surface area contributed by atoms with Gasteiger partial charge in [-0.2, -0.15) is 0 Å². The van der Waals surface area contributed by atoms with Crippen molar-refractivity contribution in [3.05, 3.63) is 54.4 Å². The molecular weight excluding hydrogens is 384 g/mol. The van der Waals surface area contributed by atoms with E-state index in [1.165, 1.54) is 11.8 Å². The predicted molar refractivity (Wildman–Crippen MR) is 115 cm³/mol. The zero-order valence-electron chi connectivity index (χ0n) is 16.7. The summed E-state index contributed by atoms with van der Waals surface area (Å²) >= 11 is 1.37. The average Bonchev–Trinajstić information content (AvgIpc) is 3.20. The zero-order chi connectivity index (χ0) is 20.1. The first-order valence-electron chi connectivity index (χ1n) is 10.1. The number of thioether (sulfide) groups is 1. The molecule has 1 amide bonds. The van der Waals surface area contributed by atoms with Crippen LogP contribution in [0.2, 0.25) is 0 Å². The van der Waals surface area contributed by atoms with Crippen LogP contribution in [0.4, 0.5) is 0 Å². The van der Waals surface area contributed by atoms with Gasteiger partial charge in [0.05, 0.1) is 5.75 Å². The fraction of sp³-hybridized carbons (Fsp3) is 0.409. The van der Waals surface area contributed by atoms with Crippen molar-refractivity contribution in [1.82, 2.24) is 19.8 Å². The van der Waals surface area contributed by atoms with Crippen molar-refractivity contribution in [1.29, 1.82) is 0 Å². The Morgan fingerprint density at radius 2 is 2.00 bits per heavy atom. The Morgan fingerprint density at radius 3 is 2.76 bits per heavy atom. The lowest BCUT2D eigenvalue weighted by molar-refractivity contribution is -0.130. The number of benzene rings is 1. The third kappa shape index (κ3) is 5.16. The molecule has 4 rings (SSSR count). The smallest absolute Gasteiger partial charge is 0.257 e. The largest absolute Gasteiger partial charge is 0.431 e. The molecule has 1 aliphatic heterocycles. The van der Waals surface area contributed by atoms with Gasteiger partial charge in [0, 0.05) is 51.0 Å². The minimum Gasteiger partial charge on any atom is -0.431 e. The number of carbonyl (C=O) groups excluding carboxylic acids is 1. The molecule has 1 aliphatic rings. The molecule has 3 heterocycles. The molecule has 0 N–H and O–H groups in total. The topological polar surface area (TPSA) is 62.5 Å². The highest BCUT2D eigenvalue weighted by molar-refractivity contribution is 7.99. The van der Waals surface area contributed by atoms with Gasteiger partial charge >= 0.3 is 0 Å². The first kappa shape index (κ1) is 19.9. The van der Waals surface area contributed by atoms with E-state index in [2.05, 4.69) is 20.9 Å². The number of aromatic nitrogens is 2. The Balaban J connectivity index is 1.21. The maximum absolute atomic E-state index is 12.6. The zero-order valence-corrected chi connectivity index (χ0v) is 17.5. The molecule has 29 heavy (non-hydrogen) atoms. The first-order valence-corrected chi connectivity index (χ1v) is 11.0. The lowest BCUT2D eigenvalue weighted by Crippen LogP contribution is -2.46. The number of nitrogens with zero attached hydrogens (tertiary/aromatic N) is 4. The fourth-order valence-electron chi connectivity index (χ4n) is 3.69. The van der Waals surface area contributed by atoms with Gasteiger partial charge in [0.15, 0.2) is 5.58 Å². The van der Waals surface area contributed by atoms with Crippen molar-refractivity contribution in [3.63, 3.8) is 0 Å². The van der Waals surface area contributed by atoms with Crippen LogP contribution in [-0.2, 0) is 11.2 Å². The van der Waals surface area contributed by atoms with Gasteiger partial charge in [0.1, 0.15) is 5.52 Å². The van der Waals surface area contributed by atoms with Gasteiger partial charge in [-0.3, -0.25) is 9.78 Å². The first-order chi connectivity index (χ1) is 14.2. The minimum absolute atomic E-state index is 0.129. The standard InChI is InChI=1S/C22H26N4O2S/c1-25(21(27)16-29-22-24-19-7-2-3-8-20(19)28-22)18-10-14-26(15-11-18)13-9-17-6-4-5-12-23-17/h2-8,12,18H,9-11,13-16H2,1H3. The van der Waals surface area contributed by atoms with Crippen LogP contribution in [0.5, 0.6) is 0 Å². The second kappa shape index (κ2) is 9.41. The summed E-state index contributed by atoms with van der Waals surface area (Å²) in [6, 6.07) is 14.0. The van der Waals surface area contributed by atoms with Crippen LogP contribution in [-0.4, -0.2) is 64.2 Å². The van der Waals surface area contributed by atoms with Crippen LogP contribution in [0.15, 0.2) is 58.3 Å². The summed E-state index contributed by atoms with van der Waals surface area (Å²) in [5.41, 5.74) is 2.72. The van der Waals surface area contributed by atoms with Crippen LogP contribution in [0.25, 0.3) is 11.1 Å². The Bertz CT molecular complexity index is 905. The summed E-state index contributed by atoms with van der Waals surface area (Å²) in [5, 5.41) is 0.553. The number of pyridine rings is 1. The molecule has 0 atom stereocenters. The molecule has 0 radical (unpaired) electrons. The second-order valence-corrected chi connectivity index (χ2v) is 8.31. The van der Waals surface area contributed by atoms with Gasteiger partial charge in [-0.25, -0.2) is 4.98 Å². The van der Waals surface area contributed by atoms with Crippen molar-refractivity contribution >= 4 is 28.8 Å². The van der Waals surface area contributed by atoms with Crippen LogP contribution in [0.1, 0.15) is 18.5 Å². The number of rotatable bonds is 7.